The van der Waals surface area contributed by atoms with Gasteiger partial charge in [-0.25, -0.2) is 14.2 Å². The van der Waals surface area contributed by atoms with Crippen LogP contribution in [0.2, 0.25) is 0 Å². The van der Waals surface area contributed by atoms with Crippen LogP contribution in [-0.2, 0) is 14.3 Å². The van der Waals surface area contributed by atoms with E-state index >= 15 is 0 Å². The van der Waals surface area contributed by atoms with E-state index in [1.54, 1.807) is 23.5 Å². The molecule has 0 N–H and O–H groups in total. The Morgan fingerprint density at radius 3 is 2.29 bits per heavy atom. The Bertz CT molecular complexity index is 1270. The maximum Gasteiger partial charge on any atom is 0.330 e. The first kappa shape index (κ1) is 22.3. The molecule has 1 aliphatic heterocycles. The molecule has 1 aliphatic rings. The molecule has 1 saturated heterocycles. The topological polar surface area (TPSA) is 51.7 Å². The van der Waals surface area contributed by atoms with Crippen molar-refractivity contribution in [1.29, 1.82) is 0 Å². The number of carbonyl (C=O) groups excluding carboxylic acids is 1. The van der Waals surface area contributed by atoms with Gasteiger partial charge in [-0.05, 0) is 28.8 Å². The number of methoxy groups -OCH3 is 1. The largest absolute Gasteiger partial charge is 0.467 e. The molecule has 1 unspecified atom stereocenters. The molecule has 0 saturated carbocycles. The highest BCUT2D eigenvalue weighted by molar-refractivity contribution is 7.19. The van der Waals surface area contributed by atoms with E-state index in [2.05, 4.69) is 12.1 Å². The van der Waals surface area contributed by atoms with Crippen LogP contribution in [0.1, 0.15) is 0 Å². The predicted molar refractivity (Wildman–Crippen MR) is 132 cm³/mol. The Balaban J connectivity index is 1.55. The third-order valence-electron chi connectivity index (χ3n) is 5.84. The highest BCUT2D eigenvalue weighted by Crippen LogP contribution is 2.41. The van der Waals surface area contributed by atoms with Crippen LogP contribution < -0.4 is 4.90 Å². The zero-order chi connectivity index (χ0) is 23.5. The molecule has 2 heterocycles. The lowest BCUT2D eigenvalue weighted by Gasteiger charge is -2.33. The molecule has 0 aliphatic carbocycles. The average molecular weight is 475 g/mol. The highest BCUT2D eigenvalue weighted by atomic mass is 32.1. The maximum absolute atomic E-state index is 13.3. The second kappa shape index (κ2) is 9.75. The number of hydrogen-bond donors (Lipinski definition) is 0. The molecule has 0 bridgehead atoms. The molecule has 1 aromatic heterocycles. The van der Waals surface area contributed by atoms with Crippen molar-refractivity contribution in [3.63, 3.8) is 0 Å². The Morgan fingerprint density at radius 2 is 1.62 bits per heavy atom. The lowest BCUT2D eigenvalue weighted by atomic mass is 10.0. The number of nitrogens with zero attached hydrogens (tertiary/aromatic N) is 2. The van der Waals surface area contributed by atoms with Gasteiger partial charge in [0.2, 0.25) is 0 Å². The van der Waals surface area contributed by atoms with Crippen molar-refractivity contribution in [3.05, 3.63) is 84.7 Å². The van der Waals surface area contributed by atoms with Crippen LogP contribution >= 0.6 is 11.3 Å². The van der Waals surface area contributed by atoms with Crippen LogP contribution in [-0.4, -0.2) is 43.9 Å². The van der Waals surface area contributed by atoms with Gasteiger partial charge >= 0.3 is 5.97 Å². The molecule has 5 rings (SSSR count). The fourth-order valence-corrected chi connectivity index (χ4v) is 5.21. The molecular weight excluding hydrogens is 451 g/mol. The molecule has 0 spiro atoms. The molecule has 0 radical (unpaired) electrons. The van der Waals surface area contributed by atoms with Crippen LogP contribution in [0.25, 0.3) is 32.8 Å². The van der Waals surface area contributed by atoms with Gasteiger partial charge in [0.1, 0.15) is 5.82 Å². The molecule has 34 heavy (non-hydrogen) atoms. The lowest BCUT2D eigenvalue weighted by Crippen LogP contribution is -2.50. The Labute approximate surface area is 201 Å². The van der Waals surface area contributed by atoms with Gasteiger partial charge in [-0.3, -0.25) is 0 Å². The number of ether oxygens (including phenoxy) is 2. The van der Waals surface area contributed by atoms with Gasteiger partial charge in [-0.1, -0.05) is 78.1 Å². The summed E-state index contributed by atoms with van der Waals surface area (Å²) in [5.74, 6) is -0.586. The second-order valence-electron chi connectivity index (χ2n) is 7.93. The standard InChI is InChI=1S/C27H23FN2O3S/c1-32-26(31)23-17-33-16-15-30(23)27-29-24(25(34-27)21-5-3-2-4-6-21)20-9-7-18(8-10-20)19-11-13-22(28)14-12-19/h2-14,23H,15-17H2,1H3. The quantitative estimate of drug-likeness (QED) is 0.349. The van der Waals surface area contributed by atoms with Gasteiger partial charge in [0.15, 0.2) is 11.2 Å². The minimum absolute atomic E-state index is 0.253. The van der Waals surface area contributed by atoms with E-state index in [0.717, 1.165) is 38.0 Å². The summed E-state index contributed by atoms with van der Waals surface area (Å²) in [6.45, 7) is 1.36. The maximum atomic E-state index is 13.3. The molecule has 1 fully saturated rings. The number of anilines is 1. The Kier molecular flexibility index (Phi) is 6.38. The van der Waals surface area contributed by atoms with Crippen LogP contribution in [0.4, 0.5) is 9.52 Å². The van der Waals surface area contributed by atoms with Crippen molar-refractivity contribution in [2.24, 2.45) is 0 Å². The SMILES string of the molecule is COC(=O)C1COCCN1c1nc(-c2ccc(-c3ccc(F)cc3)cc2)c(-c2ccccc2)s1. The summed E-state index contributed by atoms with van der Waals surface area (Å²) in [6.07, 6.45) is 0. The number of carbonyl (C=O) groups is 1. The van der Waals surface area contributed by atoms with Gasteiger partial charge in [0, 0.05) is 12.1 Å². The lowest BCUT2D eigenvalue weighted by molar-refractivity contribution is -0.144. The van der Waals surface area contributed by atoms with Crippen molar-refractivity contribution in [3.8, 4) is 32.8 Å². The molecule has 7 heteroatoms. The van der Waals surface area contributed by atoms with Crippen LogP contribution in [0, 0.1) is 5.82 Å². The summed E-state index contributed by atoms with van der Waals surface area (Å²) in [7, 11) is 1.39. The minimum Gasteiger partial charge on any atom is -0.467 e. The molecule has 3 aromatic carbocycles. The van der Waals surface area contributed by atoms with Gasteiger partial charge in [0.25, 0.3) is 0 Å². The monoisotopic (exact) mass is 474 g/mol. The third kappa shape index (κ3) is 4.44. The first-order chi connectivity index (χ1) is 16.6. The number of hydrogen-bond acceptors (Lipinski definition) is 6. The number of aromatic nitrogens is 1. The van der Waals surface area contributed by atoms with Crippen molar-refractivity contribution < 1.29 is 18.7 Å². The van der Waals surface area contributed by atoms with Crippen LogP contribution in [0.15, 0.2) is 78.9 Å². The molecule has 4 aromatic rings. The van der Waals surface area contributed by atoms with Crippen molar-refractivity contribution in [2.75, 3.05) is 31.8 Å². The van der Waals surface area contributed by atoms with E-state index < -0.39 is 6.04 Å². The molecule has 5 nitrogen and oxygen atoms in total. The van der Waals surface area contributed by atoms with E-state index in [1.165, 1.54) is 19.2 Å². The van der Waals surface area contributed by atoms with Crippen LogP contribution in [0.3, 0.4) is 0 Å². The number of halogens is 1. The second-order valence-corrected chi connectivity index (χ2v) is 8.91. The molecular formula is C27H23FN2O3S. The van der Waals surface area contributed by atoms with E-state index in [4.69, 9.17) is 14.5 Å². The third-order valence-corrected chi connectivity index (χ3v) is 6.98. The summed E-state index contributed by atoms with van der Waals surface area (Å²) in [6, 6.07) is 24.1. The zero-order valence-corrected chi connectivity index (χ0v) is 19.4. The van der Waals surface area contributed by atoms with E-state index in [-0.39, 0.29) is 18.4 Å². The van der Waals surface area contributed by atoms with Crippen molar-refractivity contribution in [1.82, 2.24) is 4.98 Å². The van der Waals surface area contributed by atoms with E-state index in [1.807, 2.05) is 47.4 Å². The number of morpholine rings is 1. The smallest absolute Gasteiger partial charge is 0.330 e. The highest BCUT2D eigenvalue weighted by Gasteiger charge is 2.33. The van der Waals surface area contributed by atoms with Gasteiger partial charge in [-0.2, -0.15) is 0 Å². The van der Waals surface area contributed by atoms with Gasteiger partial charge in [-0.15, -0.1) is 0 Å². The van der Waals surface area contributed by atoms with E-state index in [9.17, 15) is 9.18 Å². The first-order valence-electron chi connectivity index (χ1n) is 11.0. The molecule has 1 atom stereocenters. The summed E-state index contributed by atoms with van der Waals surface area (Å²) >= 11 is 1.56. The van der Waals surface area contributed by atoms with E-state index in [0.29, 0.717) is 13.2 Å². The average Bonchev–Trinajstić information content (AvgIpc) is 3.35. The summed E-state index contributed by atoms with van der Waals surface area (Å²) in [5.41, 5.74) is 4.83. The fourth-order valence-electron chi connectivity index (χ4n) is 4.04. The number of rotatable bonds is 5. The molecule has 172 valence electrons. The molecule has 0 amide bonds. The number of esters is 1. The fraction of sp³-hybridized carbons (Fsp3) is 0.185. The number of thiazole rings is 1. The Hall–Kier alpha value is -3.55. The van der Waals surface area contributed by atoms with Crippen LogP contribution in [0.5, 0.6) is 0 Å². The summed E-state index contributed by atoms with van der Waals surface area (Å²) in [4.78, 5) is 20.4. The van der Waals surface area contributed by atoms with Gasteiger partial charge < -0.3 is 14.4 Å². The number of benzene rings is 3. The minimum atomic E-state index is -0.526. The van der Waals surface area contributed by atoms with Gasteiger partial charge in [0.05, 0.1) is 30.9 Å². The first-order valence-corrected chi connectivity index (χ1v) is 11.8. The summed E-state index contributed by atoms with van der Waals surface area (Å²) in [5, 5.41) is 0.759. The van der Waals surface area contributed by atoms with Crippen molar-refractivity contribution in [2.45, 2.75) is 6.04 Å². The van der Waals surface area contributed by atoms with Crippen molar-refractivity contribution >= 4 is 22.4 Å². The summed E-state index contributed by atoms with van der Waals surface area (Å²) < 4.78 is 23.8. The predicted octanol–water partition coefficient (Wildman–Crippen LogP) is 5.66. The Morgan fingerprint density at radius 1 is 0.971 bits per heavy atom. The normalized spacial score (nSPS) is 15.8. The zero-order valence-electron chi connectivity index (χ0n) is 18.6.